The van der Waals surface area contributed by atoms with Crippen LogP contribution >= 0.6 is 0 Å². The van der Waals surface area contributed by atoms with Crippen molar-refractivity contribution < 1.29 is 8.78 Å². The van der Waals surface area contributed by atoms with Gasteiger partial charge in [0.25, 0.3) is 0 Å². The smallest absolute Gasteiger partial charge is 0.302 e. The van der Waals surface area contributed by atoms with Gasteiger partial charge in [0.05, 0.1) is 0 Å². The number of likely N-dealkylation sites (N-methyl/N-ethyl adjacent to an activating group) is 1. The van der Waals surface area contributed by atoms with Crippen LogP contribution in [0.4, 0.5) is 8.78 Å². The van der Waals surface area contributed by atoms with E-state index >= 15 is 0 Å². The van der Waals surface area contributed by atoms with Crippen molar-refractivity contribution >= 4 is 0 Å². The Kier molecular flexibility index (Phi) is 2.25. The van der Waals surface area contributed by atoms with Crippen molar-refractivity contribution in [2.24, 2.45) is 5.73 Å². The molecule has 64 valence electrons. The van der Waals surface area contributed by atoms with E-state index < -0.39 is 6.05 Å². The lowest BCUT2D eigenvalue weighted by Gasteiger charge is -2.24. The highest BCUT2D eigenvalue weighted by Gasteiger charge is 2.29. The lowest BCUT2D eigenvalue weighted by atomic mass is 10.1. The van der Waals surface area contributed by atoms with Crippen LogP contribution in [0.5, 0.6) is 0 Å². The van der Waals surface area contributed by atoms with E-state index in [0.717, 1.165) is 0 Å². The molecule has 0 bridgehead atoms. The normalized spacial score (nSPS) is 21.6. The van der Waals surface area contributed by atoms with Gasteiger partial charge in [0, 0.05) is 18.7 Å². The number of nitrogens with two attached hydrogens (primary N) is 1. The molecule has 0 saturated heterocycles. The van der Waals surface area contributed by atoms with Gasteiger partial charge in [-0.2, -0.15) is 8.78 Å². The highest BCUT2D eigenvalue weighted by atomic mass is 19.3. The summed E-state index contributed by atoms with van der Waals surface area (Å²) in [6.45, 7) is 1.24. The zero-order chi connectivity index (χ0) is 8.48. The van der Waals surface area contributed by atoms with Gasteiger partial charge >= 0.3 is 6.05 Å². The van der Waals surface area contributed by atoms with Crippen LogP contribution in [-0.4, -0.2) is 31.1 Å². The third-order valence-corrected chi connectivity index (χ3v) is 1.84. The van der Waals surface area contributed by atoms with Gasteiger partial charge in [0.2, 0.25) is 0 Å². The average Bonchev–Trinajstić information content (AvgIpc) is 1.86. The predicted octanol–water partition coefficient (Wildman–Crippen LogP) is 0.800. The van der Waals surface area contributed by atoms with Gasteiger partial charge in [0.15, 0.2) is 0 Å². The van der Waals surface area contributed by atoms with E-state index in [4.69, 9.17) is 0 Å². The average molecular weight is 162 g/mol. The molecule has 1 aliphatic heterocycles. The van der Waals surface area contributed by atoms with Gasteiger partial charge in [-0.15, -0.1) is 0 Å². The number of hydrogen-bond acceptors (Lipinski definition) is 2. The van der Waals surface area contributed by atoms with Crippen molar-refractivity contribution in [2.75, 3.05) is 20.1 Å². The summed E-state index contributed by atoms with van der Waals surface area (Å²) in [5.41, 5.74) is 4.70. The number of alkyl halides is 2. The summed E-state index contributed by atoms with van der Waals surface area (Å²) in [4.78, 5) is 1.97. The minimum Gasteiger partial charge on any atom is -0.302 e. The molecule has 0 amide bonds. The predicted molar refractivity (Wildman–Crippen MR) is 39.3 cm³/mol. The summed E-state index contributed by atoms with van der Waals surface area (Å²) in [6.07, 6.45) is 1.88. The Hall–Kier alpha value is -0.480. The topological polar surface area (TPSA) is 29.3 Å². The summed E-state index contributed by atoms with van der Waals surface area (Å²) >= 11 is 0. The molecule has 0 aromatic carbocycles. The minimum absolute atomic E-state index is 0.0654. The van der Waals surface area contributed by atoms with Crippen molar-refractivity contribution in [3.05, 3.63) is 11.6 Å². The van der Waals surface area contributed by atoms with Crippen LogP contribution in [0.15, 0.2) is 11.6 Å². The first-order valence-corrected chi connectivity index (χ1v) is 3.55. The standard InChI is InChI=1S/C7H12F2N2/c1-11-4-2-6(3-5-11)7(8,9)10/h2H,3-5,10H2,1H3. The van der Waals surface area contributed by atoms with Crippen LogP contribution in [0.25, 0.3) is 0 Å². The molecule has 2 nitrogen and oxygen atoms in total. The quantitative estimate of drug-likeness (QED) is 0.456. The molecule has 11 heavy (non-hydrogen) atoms. The van der Waals surface area contributed by atoms with Crippen LogP contribution < -0.4 is 5.73 Å². The third kappa shape index (κ3) is 2.24. The van der Waals surface area contributed by atoms with Gasteiger partial charge in [-0.1, -0.05) is 6.08 Å². The molecular weight excluding hydrogens is 150 g/mol. The second-order valence-electron chi connectivity index (χ2n) is 2.86. The SMILES string of the molecule is CN1CC=C(C(N)(F)F)CC1. The van der Waals surface area contributed by atoms with E-state index in [2.05, 4.69) is 5.73 Å². The maximum atomic E-state index is 12.4. The summed E-state index contributed by atoms with van der Waals surface area (Å²) in [7, 11) is 1.89. The molecule has 2 N–H and O–H groups in total. The highest BCUT2D eigenvalue weighted by Crippen LogP contribution is 2.23. The van der Waals surface area contributed by atoms with Crippen LogP contribution in [0, 0.1) is 0 Å². The van der Waals surface area contributed by atoms with E-state index in [1.54, 1.807) is 0 Å². The van der Waals surface area contributed by atoms with Crippen LogP contribution in [0.1, 0.15) is 6.42 Å². The second-order valence-corrected chi connectivity index (χ2v) is 2.86. The summed E-state index contributed by atoms with van der Waals surface area (Å²) in [6, 6.07) is -3.11. The fourth-order valence-corrected chi connectivity index (χ4v) is 1.07. The summed E-state index contributed by atoms with van der Waals surface area (Å²) in [5, 5.41) is 0. The first-order chi connectivity index (χ1) is 5.00. The number of rotatable bonds is 1. The summed E-state index contributed by atoms with van der Waals surface area (Å²) in [5.74, 6) is 0. The van der Waals surface area contributed by atoms with E-state index in [-0.39, 0.29) is 5.57 Å². The molecule has 0 unspecified atom stereocenters. The number of nitrogens with zero attached hydrogens (tertiary/aromatic N) is 1. The van der Waals surface area contributed by atoms with Gasteiger partial charge in [-0.05, 0) is 13.5 Å². The minimum atomic E-state index is -3.11. The van der Waals surface area contributed by atoms with Crippen molar-refractivity contribution in [3.8, 4) is 0 Å². The Morgan fingerprint density at radius 2 is 2.27 bits per heavy atom. The van der Waals surface area contributed by atoms with E-state index in [9.17, 15) is 8.78 Å². The summed E-state index contributed by atoms with van der Waals surface area (Å²) < 4.78 is 24.9. The highest BCUT2D eigenvalue weighted by molar-refractivity contribution is 5.14. The lowest BCUT2D eigenvalue weighted by Crippen LogP contribution is -2.36. The van der Waals surface area contributed by atoms with E-state index in [1.165, 1.54) is 6.08 Å². The first-order valence-electron chi connectivity index (χ1n) is 3.55. The second kappa shape index (κ2) is 2.87. The molecule has 0 aliphatic carbocycles. The Morgan fingerprint density at radius 1 is 1.64 bits per heavy atom. The molecule has 4 heteroatoms. The molecule has 0 fully saturated rings. The van der Waals surface area contributed by atoms with Crippen molar-refractivity contribution in [2.45, 2.75) is 12.5 Å². The molecule has 1 rings (SSSR count). The first kappa shape index (κ1) is 8.62. The largest absolute Gasteiger partial charge is 0.323 e. The van der Waals surface area contributed by atoms with Crippen LogP contribution in [0.3, 0.4) is 0 Å². The molecule has 0 aromatic heterocycles. The monoisotopic (exact) mass is 162 g/mol. The van der Waals surface area contributed by atoms with Crippen LogP contribution in [-0.2, 0) is 0 Å². The van der Waals surface area contributed by atoms with Crippen LogP contribution in [0.2, 0.25) is 0 Å². The Labute approximate surface area is 64.7 Å². The molecule has 0 radical (unpaired) electrons. The molecular formula is C7H12F2N2. The Balaban J connectivity index is 2.62. The molecule has 1 aliphatic rings. The fourth-order valence-electron chi connectivity index (χ4n) is 1.07. The zero-order valence-electron chi connectivity index (χ0n) is 6.48. The van der Waals surface area contributed by atoms with Crippen molar-refractivity contribution in [1.29, 1.82) is 0 Å². The maximum Gasteiger partial charge on any atom is 0.323 e. The lowest BCUT2D eigenvalue weighted by molar-refractivity contribution is 0.0417. The Bertz CT molecular complexity index is 172. The van der Waals surface area contributed by atoms with Gasteiger partial charge in [-0.3, -0.25) is 5.73 Å². The van der Waals surface area contributed by atoms with Gasteiger partial charge in [0.1, 0.15) is 0 Å². The molecule has 1 heterocycles. The number of hydrogen-bond donors (Lipinski definition) is 1. The zero-order valence-corrected chi connectivity index (χ0v) is 6.48. The van der Waals surface area contributed by atoms with Gasteiger partial charge < -0.3 is 4.90 Å². The van der Waals surface area contributed by atoms with E-state index in [0.29, 0.717) is 19.5 Å². The molecule has 0 saturated carbocycles. The fraction of sp³-hybridized carbons (Fsp3) is 0.714. The van der Waals surface area contributed by atoms with Crippen molar-refractivity contribution in [1.82, 2.24) is 4.90 Å². The number of halogens is 2. The van der Waals surface area contributed by atoms with E-state index in [1.807, 2.05) is 11.9 Å². The Morgan fingerprint density at radius 3 is 2.64 bits per heavy atom. The molecule has 0 aromatic rings. The molecule has 0 spiro atoms. The van der Waals surface area contributed by atoms with Crippen molar-refractivity contribution in [3.63, 3.8) is 0 Å². The maximum absolute atomic E-state index is 12.4. The third-order valence-electron chi connectivity index (χ3n) is 1.84. The van der Waals surface area contributed by atoms with Gasteiger partial charge in [-0.25, -0.2) is 0 Å². The molecule has 0 atom stereocenters.